The van der Waals surface area contributed by atoms with Gasteiger partial charge in [-0.3, -0.25) is 9.78 Å². The third-order valence-electron chi connectivity index (χ3n) is 4.47. The standard InChI is InChI=1S/C22H18ClFN2O3/c1-13(15-4-6-16(7-5-15)22(28)29)26-21(27)19-11-17(23)12-25-20(19)10-14-2-8-18(24)9-3-14/h2-9,11-13H,10H2,1H3,(H,26,27)(H,28,29)/t13-/m0/s1. The van der Waals surface area contributed by atoms with Gasteiger partial charge in [-0.05, 0) is 48.4 Å². The zero-order valence-corrected chi connectivity index (χ0v) is 16.3. The Morgan fingerprint density at radius 3 is 2.41 bits per heavy atom. The Morgan fingerprint density at radius 1 is 1.14 bits per heavy atom. The van der Waals surface area contributed by atoms with Gasteiger partial charge in [0.15, 0.2) is 0 Å². The lowest BCUT2D eigenvalue weighted by Gasteiger charge is -2.16. The van der Waals surface area contributed by atoms with Crippen LogP contribution in [0.25, 0.3) is 0 Å². The molecule has 7 heteroatoms. The summed E-state index contributed by atoms with van der Waals surface area (Å²) in [5.41, 5.74) is 2.60. The summed E-state index contributed by atoms with van der Waals surface area (Å²) < 4.78 is 13.1. The highest BCUT2D eigenvalue weighted by molar-refractivity contribution is 6.30. The van der Waals surface area contributed by atoms with Crippen LogP contribution in [0.1, 0.15) is 50.5 Å². The average molecular weight is 413 g/mol. The Hall–Kier alpha value is -3.25. The van der Waals surface area contributed by atoms with Crippen molar-refractivity contribution >= 4 is 23.5 Å². The molecule has 0 radical (unpaired) electrons. The normalized spacial score (nSPS) is 11.7. The second-order valence-electron chi connectivity index (χ2n) is 6.57. The van der Waals surface area contributed by atoms with E-state index in [0.29, 0.717) is 22.7 Å². The number of carboxylic acids is 1. The molecule has 1 atom stereocenters. The molecule has 0 aliphatic heterocycles. The molecule has 3 rings (SSSR count). The van der Waals surface area contributed by atoms with Crippen molar-refractivity contribution in [3.05, 3.63) is 99.6 Å². The van der Waals surface area contributed by atoms with Gasteiger partial charge in [0.25, 0.3) is 5.91 Å². The van der Waals surface area contributed by atoms with E-state index in [4.69, 9.17) is 16.7 Å². The van der Waals surface area contributed by atoms with Gasteiger partial charge >= 0.3 is 5.97 Å². The van der Waals surface area contributed by atoms with Crippen LogP contribution in [0.2, 0.25) is 5.02 Å². The minimum atomic E-state index is -1.01. The summed E-state index contributed by atoms with van der Waals surface area (Å²) in [6, 6.07) is 13.5. The molecule has 0 bridgehead atoms. The van der Waals surface area contributed by atoms with Crippen LogP contribution in [0.5, 0.6) is 0 Å². The van der Waals surface area contributed by atoms with Crippen molar-refractivity contribution in [2.45, 2.75) is 19.4 Å². The third-order valence-corrected chi connectivity index (χ3v) is 4.68. The molecule has 1 aromatic heterocycles. The highest BCUT2D eigenvalue weighted by Gasteiger charge is 2.17. The lowest BCUT2D eigenvalue weighted by Crippen LogP contribution is -2.28. The highest BCUT2D eigenvalue weighted by Crippen LogP contribution is 2.19. The largest absolute Gasteiger partial charge is 0.478 e. The number of carbonyl (C=O) groups is 2. The lowest BCUT2D eigenvalue weighted by atomic mass is 10.0. The SMILES string of the molecule is C[C@H](NC(=O)c1cc(Cl)cnc1Cc1ccc(F)cc1)c1ccc(C(=O)O)cc1. The van der Waals surface area contributed by atoms with Gasteiger partial charge in [0.2, 0.25) is 0 Å². The van der Waals surface area contributed by atoms with Crippen LogP contribution in [0.4, 0.5) is 4.39 Å². The van der Waals surface area contributed by atoms with E-state index in [1.165, 1.54) is 30.5 Å². The topological polar surface area (TPSA) is 79.3 Å². The van der Waals surface area contributed by atoms with E-state index in [-0.39, 0.29) is 23.3 Å². The van der Waals surface area contributed by atoms with Crippen molar-refractivity contribution in [2.24, 2.45) is 0 Å². The minimum absolute atomic E-state index is 0.174. The van der Waals surface area contributed by atoms with Crippen LogP contribution < -0.4 is 5.32 Å². The Bertz CT molecular complexity index is 1040. The predicted molar refractivity (Wildman–Crippen MR) is 108 cm³/mol. The Kier molecular flexibility index (Phi) is 6.24. The fraction of sp³-hybridized carbons (Fsp3) is 0.136. The van der Waals surface area contributed by atoms with Crippen molar-refractivity contribution < 1.29 is 19.1 Å². The molecule has 1 amide bonds. The highest BCUT2D eigenvalue weighted by atomic mass is 35.5. The molecule has 0 aliphatic rings. The first-order chi connectivity index (χ1) is 13.8. The molecule has 2 N–H and O–H groups in total. The van der Waals surface area contributed by atoms with Gasteiger partial charge in [-0.1, -0.05) is 35.9 Å². The molecule has 0 saturated carbocycles. The van der Waals surface area contributed by atoms with E-state index in [1.807, 2.05) is 0 Å². The van der Waals surface area contributed by atoms with Crippen LogP contribution in [0, 0.1) is 5.82 Å². The number of rotatable bonds is 6. The number of hydrogen-bond donors (Lipinski definition) is 2. The van der Waals surface area contributed by atoms with Crippen molar-refractivity contribution in [2.75, 3.05) is 0 Å². The maximum atomic E-state index is 13.1. The molecule has 1 heterocycles. The van der Waals surface area contributed by atoms with Gasteiger partial charge in [0.1, 0.15) is 5.82 Å². The van der Waals surface area contributed by atoms with Gasteiger partial charge in [-0.2, -0.15) is 0 Å². The molecule has 3 aromatic rings. The molecule has 0 spiro atoms. The van der Waals surface area contributed by atoms with E-state index >= 15 is 0 Å². The molecule has 5 nitrogen and oxygen atoms in total. The number of hydrogen-bond acceptors (Lipinski definition) is 3. The van der Waals surface area contributed by atoms with E-state index in [9.17, 15) is 14.0 Å². The van der Waals surface area contributed by atoms with Crippen molar-refractivity contribution in [1.29, 1.82) is 0 Å². The number of aromatic nitrogens is 1. The van der Waals surface area contributed by atoms with Crippen LogP contribution in [0.3, 0.4) is 0 Å². The third kappa shape index (κ3) is 5.18. The van der Waals surface area contributed by atoms with Crippen LogP contribution in [-0.2, 0) is 6.42 Å². The molecule has 29 heavy (non-hydrogen) atoms. The average Bonchev–Trinajstić information content (AvgIpc) is 2.71. The fourth-order valence-corrected chi connectivity index (χ4v) is 3.03. The van der Waals surface area contributed by atoms with Crippen molar-refractivity contribution in [3.63, 3.8) is 0 Å². The summed E-state index contributed by atoms with van der Waals surface area (Å²) in [5, 5.41) is 12.2. The summed E-state index contributed by atoms with van der Waals surface area (Å²) >= 11 is 6.04. The Morgan fingerprint density at radius 2 is 1.79 bits per heavy atom. The second kappa shape index (κ2) is 8.84. The zero-order chi connectivity index (χ0) is 21.0. The number of aromatic carboxylic acids is 1. The zero-order valence-electron chi connectivity index (χ0n) is 15.5. The van der Waals surface area contributed by atoms with E-state index < -0.39 is 5.97 Å². The van der Waals surface area contributed by atoms with Gasteiger partial charge in [0.05, 0.1) is 27.9 Å². The number of nitrogens with zero attached hydrogens (tertiary/aromatic N) is 1. The predicted octanol–water partition coefficient (Wildman–Crippen LogP) is 4.65. The maximum absolute atomic E-state index is 13.1. The minimum Gasteiger partial charge on any atom is -0.478 e. The first kappa shape index (κ1) is 20.5. The van der Waals surface area contributed by atoms with E-state index in [0.717, 1.165) is 11.1 Å². The summed E-state index contributed by atoms with van der Waals surface area (Å²) in [5.74, 6) is -1.70. The second-order valence-corrected chi connectivity index (χ2v) is 7.01. The molecule has 0 unspecified atom stereocenters. The molecule has 0 fully saturated rings. The van der Waals surface area contributed by atoms with Gasteiger partial charge in [-0.15, -0.1) is 0 Å². The molecule has 0 saturated heterocycles. The Labute approximate surface area is 172 Å². The molecule has 0 aliphatic carbocycles. The summed E-state index contributed by atoms with van der Waals surface area (Å²) in [7, 11) is 0. The number of pyridine rings is 1. The molecule has 2 aromatic carbocycles. The Balaban J connectivity index is 1.79. The van der Waals surface area contributed by atoms with Crippen LogP contribution >= 0.6 is 11.6 Å². The van der Waals surface area contributed by atoms with Gasteiger partial charge in [0, 0.05) is 12.6 Å². The van der Waals surface area contributed by atoms with Crippen molar-refractivity contribution in [3.8, 4) is 0 Å². The summed E-state index contributed by atoms with van der Waals surface area (Å²) in [6.07, 6.45) is 1.81. The number of halogens is 2. The first-order valence-corrected chi connectivity index (χ1v) is 9.24. The van der Waals surface area contributed by atoms with Gasteiger partial charge in [-0.25, -0.2) is 9.18 Å². The number of carboxylic acid groups (broad SMARTS) is 1. The quantitative estimate of drug-likeness (QED) is 0.617. The van der Waals surface area contributed by atoms with Crippen LogP contribution in [-0.4, -0.2) is 22.0 Å². The number of nitrogens with one attached hydrogen (secondary N) is 1. The summed E-state index contributed by atoms with van der Waals surface area (Å²) in [6.45, 7) is 1.80. The van der Waals surface area contributed by atoms with Gasteiger partial charge < -0.3 is 10.4 Å². The number of benzene rings is 2. The first-order valence-electron chi connectivity index (χ1n) is 8.86. The lowest BCUT2D eigenvalue weighted by molar-refractivity contribution is 0.0696. The monoisotopic (exact) mass is 412 g/mol. The maximum Gasteiger partial charge on any atom is 0.335 e. The van der Waals surface area contributed by atoms with E-state index in [1.54, 1.807) is 37.3 Å². The van der Waals surface area contributed by atoms with E-state index in [2.05, 4.69) is 10.3 Å². The number of carbonyl (C=O) groups excluding carboxylic acids is 1. The summed E-state index contributed by atoms with van der Waals surface area (Å²) in [4.78, 5) is 28.1. The smallest absolute Gasteiger partial charge is 0.335 e. The number of amides is 1. The molecule has 148 valence electrons. The fourth-order valence-electron chi connectivity index (χ4n) is 2.87. The van der Waals surface area contributed by atoms with Crippen molar-refractivity contribution in [1.82, 2.24) is 10.3 Å². The molecular weight excluding hydrogens is 395 g/mol. The molecular formula is C22H18ClFN2O3. The van der Waals surface area contributed by atoms with Crippen LogP contribution in [0.15, 0.2) is 60.8 Å².